The maximum absolute atomic E-state index is 6.05. The van der Waals surface area contributed by atoms with Gasteiger partial charge in [-0.15, -0.1) is 0 Å². The number of hydrogen-bond acceptors (Lipinski definition) is 4. The van der Waals surface area contributed by atoms with Crippen molar-refractivity contribution in [3.05, 3.63) is 0 Å². The van der Waals surface area contributed by atoms with E-state index in [4.69, 9.17) is 10.5 Å². The number of nitrogens with two attached hydrogens (primary N) is 1. The van der Waals surface area contributed by atoms with Crippen molar-refractivity contribution in [2.45, 2.75) is 44.2 Å². The molecule has 2 heterocycles. The van der Waals surface area contributed by atoms with E-state index in [-0.39, 0.29) is 5.54 Å². The molecular formula is C13H26N2OS. The summed E-state index contributed by atoms with van der Waals surface area (Å²) in [4.78, 5) is 2.62. The van der Waals surface area contributed by atoms with Crippen LogP contribution in [0.1, 0.15) is 32.6 Å². The summed E-state index contributed by atoms with van der Waals surface area (Å²) >= 11 is 2.06. The SMILES string of the molecule is CCCOC1CCCN(C2(CN)CCSC2)C1. The lowest BCUT2D eigenvalue weighted by molar-refractivity contribution is -0.0301. The second-order valence-corrected chi connectivity index (χ2v) is 6.42. The third-order valence-electron chi connectivity index (χ3n) is 4.07. The molecule has 0 aromatic heterocycles. The standard InChI is InChI=1S/C13H26N2OS/c1-2-7-16-12-4-3-6-15(9-12)13(10-14)5-8-17-11-13/h12H,2-11,14H2,1H3. The average Bonchev–Trinajstić information content (AvgIpc) is 2.87. The Bertz CT molecular complexity index is 231. The van der Waals surface area contributed by atoms with Crippen molar-refractivity contribution in [1.29, 1.82) is 0 Å². The molecule has 17 heavy (non-hydrogen) atoms. The zero-order valence-electron chi connectivity index (χ0n) is 11.0. The molecule has 0 amide bonds. The predicted octanol–water partition coefficient (Wildman–Crippen LogP) is 1.71. The fraction of sp³-hybridized carbons (Fsp3) is 1.00. The van der Waals surface area contributed by atoms with E-state index < -0.39 is 0 Å². The molecule has 2 saturated heterocycles. The highest BCUT2D eigenvalue weighted by Crippen LogP contribution is 2.34. The van der Waals surface area contributed by atoms with E-state index in [1.165, 1.54) is 37.3 Å². The Morgan fingerprint density at radius 1 is 1.53 bits per heavy atom. The lowest BCUT2D eigenvalue weighted by Crippen LogP contribution is -2.58. The van der Waals surface area contributed by atoms with E-state index in [2.05, 4.69) is 23.6 Å². The number of piperidine rings is 1. The van der Waals surface area contributed by atoms with E-state index in [1.54, 1.807) is 0 Å². The number of thioether (sulfide) groups is 1. The molecule has 0 aromatic rings. The topological polar surface area (TPSA) is 38.5 Å². The molecule has 0 aliphatic carbocycles. The molecule has 100 valence electrons. The third kappa shape index (κ3) is 3.16. The predicted molar refractivity (Wildman–Crippen MR) is 74.6 cm³/mol. The summed E-state index contributed by atoms with van der Waals surface area (Å²) in [6.45, 7) is 6.19. The van der Waals surface area contributed by atoms with Gasteiger partial charge < -0.3 is 10.5 Å². The molecule has 0 radical (unpaired) electrons. The summed E-state index contributed by atoms with van der Waals surface area (Å²) in [7, 11) is 0. The summed E-state index contributed by atoms with van der Waals surface area (Å²) in [5.41, 5.74) is 6.33. The van der Waals surface area contributed by atoms with Gasteiger partial charge in [-0.2, -0.15) is 11.8 Å². The van der Waals surface area contributed by atoms with Gasteiger partial charge in [0.25, 0.3) is 0 Å². The molecule has 2 atom stereocenters. The summed E-state index contributed by atoms with van der Waals surface area (Å²) in [6, 6.07) is 0. The number of ether oxygens (including phenoxy) is 1. The van der Waals surface area contributed by atoms with Gasteiger partial charge in [0, 0.05) is 31.0 Å². The smallest absolute Gasteiger partial charge is 0.0702 e. The van der Waals surface area contributed by atoms with Gasteiger partial charge in [0.05, 0.1) is 6.10 Å². The van der Waals surface area contributed by atoms with Crippen LogP contribution in [0.5, 0.6) is 0 Å². The van der Waals surface area contributed by atoms with Crippen molar-refractivity contribution in [2.75, 3.05) is 37.7 Å². The van der Waals surface area contributed by atoms with Crippen LogP contribution >= 0.6 is 11.8 Å². The molecule has 2 unspecified atom stereocenters. The highest BCUT2D eigenvalue weighted by Gasteiger charge is 2.40. The van der Waals surface area contributed by atoms with Gasteiger partial charge in [0.2, 0.25) is 0 Å². The van der Waals surface area contributed by atoms with E-state index in [9.17, 15) is 0 Å². The number of rotatable bonds is 5. The molecule has 2 N–H and O–H groups in total. The molecule has 0 bridgehead atoms. The second-order valence-electron chi connectivity index (χ2n) is 5.31. The van der Waals surface area contributed by atoms with Crippen LogP contribution in [0.25, 0.3) is 0 Å². The number of nitrogens with zero attached hydrogens (tertiary/aromatic N) is 1. The first-order chi connectivity index (χ1) is 8.30. The van der Waals surface area contributed by atoms with E-state index in [0.717, 1.165) is 26.1 Å². The van der Waals surface area contributed by atoms with Gasteiger partial charge in [-0.05, 0) is 38.0 Å². The summed E-state index contributed by atoms with van der Waals surface area (Å²) in [5.74, 6) is 2.48. The minimum absolute atomic E-state index is 0.277. The van der Waals surface area contributed by atoms with E-state index in [0.29, 0.717) is 6.10 Å². The molecular weight excluding hydrogens is 232 g/mol. The quantitative estimate of drug-likeness (QED) is 0.815. The summed E-state index contributed by atoms with van der Waals surface area (Å²) in [6.07, 6.45) is 5.31. The zero-order chi connectivity index (χ0) is 12.1. The maximum Gasteiger partial charge on any atom is 0.0702 e. The monoisotopic (exact) mass is 258 g/mol. The molecule has 0 aromatic carbocycles. The van der Waals surface area contributed by atoms with Crippen LogP contribution in [0.2, 0.25) is 0 Å². The van der Waals surface area contributed by atoms with Crippen molar-refractivity contribution in [2.24, 2.45) is 5.73 Å². The van der Waals surface area contributed by atoms with E-state index in [1.807, 2.05) is 0 Å². The fourth-order valence-corrected chi connectivity index (χ4v) is 4.42. The van der Waals surface area contributed by atoms with Gasteiger partial charge in [0.15, 0.2) is 0 Å². The largest absolute Gasteiger partial charge is 0.377 e. The average molecular weight is 258 g/mol. The highest BCUT2D eigenvalue weighted by molar-refractivity contribution is 7.99. The molecule has 4 heteroatoms. The lowest BCUT2D eigenvalue weighted by atomic mass is 9.93. The Morgan fingerprint density at radius 2 is 2.41 bits per heavy atom. The van der Waals surface area contributed by atoms with Gasteiger partial charge in [-0.25, -0.2) is 0 Å². The van der Waals surface area contributed by atoms with Crippen LogP contribution < -0.4 is 5.73 Å². The third-order valence-corrected chi connectivity index (χ3v) is 5.30. The van der Waals surface area contributed by atoms with E-state index >= 15 is 0 Å². The molecule has 0 spiro atoms. The molecule has 0 saturated carbocycles. The van der Waals surface area contributed by atoms with Crippen molar-refractivity contribution in [3.63, 3.8) is 0 Å². The fourth-order valence-electron chi connectivity index (χ4n) is 2.93. The Hall–Kier alpha value is 0.230. The summed E-state index contributed by atoms with van der Waals surface area (Å²) in [5, 5.41) is 0. The minimum Gasteiger partial charge on any atom is -0.377 e. The molecule has 2 aliphatic rings. The van der Waals surface area contributed by atoms with Crippen LogP contribution in [-0.4, -0.2) is 54.3 Å². The second kappa shape index (κ2) is 6.41. The highest BCUT2D eigenvalue weighted by atomic mass is 32.2. The van der Waals surface area contributed by atoms with Crippen LogP contribution in [-0.2, 0) is 4.74 Å². The van der Waals surface area contributed by atoms with Crippen molar-refractivity contribution >= 4 is 11.8 Å². The van der Waals surface area contributed by atoms with Crippen molar-refractivity contribution in [1.82, 2.24) is 4.90 Å². The Kier molecular flexibility index (Phi) is 5.15. The molecule has 2 rings (SSSR count). The maximum atomic E-state index is 6.05. The van der Waals surface area contributed by atoms with Gasteiger partial charge in [-0.1, -0.05) is 6.92 Å². The Morgan fingerprint density at radius 3 is 3.06 bits per heavy atom. The first kappa shape index (κ1) is 13.7. The van der Waals surface area contributed by atoms with Gasteiger partial charge in [0.1, 0.15) is 0 Å². The molecule has 2 fully saturated rings. The Labute approximate surface area is 109 Å². The van der Waals surface area contributed by atoms with Crippen molar-refractivity contribution in [3.8, 4) is 0 Å². The van der Waals surface area contributed by atoms with Gasteiger partial charge in [-0.3, -0.25) is 4.90 Å². The number of hydrogen-bond donors (Lipinski definition) is 1. The lowest BCUT2D eigenvalue weighted by Gasteiger charge is -2.44. The van der Waals surface area contributed by atoms with Crippen LogP contribution in [0.4, 0.5) is 0 Å². The zero-order valence-corrected chi connectivity index (χ0v) is 11.8. The first-order valence-electron chi connectivity index (χ1n) is 6.95. The summed E-state index contributed by atoms with van der Waals surface area (Å²) < 4.78 is 5.92. The first-order valence-corrected chi connectivity index (χ1v) is 8.11. The molecule has 3 nitrogen and oxygen atoms in total. The minimum atomic E-state index is 0.277. The van der Waals surface area contributed by atoms with Crippen LogP contribution in [0.15, 0.2) is 0 Å². The van der Waals surface area contributed by atoms with Gasteiger partial charge >= 0.3 is 0 Å². The molecule has 2 aliphatic heterocycles. The van der Waals surface area contributed by atoms with Crippen LogP contribution in [0, 0.1) is 0 Å². The Balaban J connectivity index is 1.91. The van der Waals surface area contributed by atoms with Crippen molar-refractivity contribution < 1.29 is 4.74 Å². The number of likely N-dealkylation sites (tertiary alicyclic amines) is 1. The van der Waals surface area contributed by atoms with Crippen LogP contribution in [0.3, 0.4) is 0 Å². The normalized spacial score (nSPS) is 35.3.